The lowest BCUT2D eigenvalue weighted by atomic mass is 10.1. The highest BCUT2D eigenvalue weighted by atomic mass is 79.9. The lowest BCUT2D eigenvalue weighted by Gasteiger charge is -2.14. The van der Waals surface area contributed by atoms with Crippen molar-refractivity contribution in [1.29, 1.82) is 0 Å². The maximum Gasteiger partial charge on any atom is 0.417 e. The van der Waals surface area contributed by atoms with Crippen molar-refractivity contribution in [2.75, 3.05) is 17.7 Å². The van der Waals surface area contributed by atoms with Gasteiger partial charge in [-0.05, 0) is 67.6 Å². The molecule has 208 valence electrons. The Labute approximate surface area is 240 Å². The van der Waals surface area contributed by atoms with Crippen LogP contribution in [0.1, 0.15) is 28.7 Å². The van der Waals surface area contributed by atoms with Crippen LogP contribution in [0.15, 0.2) is 82.4 Å². The molecule has 0 radical (unpaired) electrons. The van der Waals surface area contributed by atoms with Crippen LogP contribution in [-0.4, -0.2) is 38.9 Å². The Morgan fingerprint density at radius 3 is 2.38 bits per heavy atom. The lowest BCUT2D eigenvalue weighted by Crippen LogP contribution is -2.27. The number of hydrogen-bond acceptors (Lipinski definition) is 6. The van der Waals surface area contributed by atoms with Gasteiger partial charge in [0.1, 0.15) is 5.75 Å². The van der Waals surface area contributed by atoms with Crippen LogP contribution in [0.25, 0.3) is 5.69 Å². The second-order valence-electron chi connectivity index (χ2n) is 8.23. The molecule has 1 aromatic heterocycles. The van der Waals surface area contributed by atoms with Crippen molar-refractivity contribution >= 4 is 45.2 Å². The number of rotatable bonds is 10. The van der Waals surface area contributed by atoms with Crippen molar-refractivity contribution < 1.29 is 27.5 Å². The van der Waals surface area contributed by atoms with Gasteiger partial charge in [0.15, 0.2) is 11.0 Å². The number of ether oxygens (including phenoxy) is 1. The summed E-state index contributed by atoms with van der Waals surface area (Å²) in [6.07, 6.45) is -4.68. The van der Waals surface area contributed by atoms with Gasteiger partial charge >= 0.3 is 6.18 Å². The van der Waals surface area contributed by atoms with Gasteiger partial charge in [-0.1, -0.05) is 39.8 Å². The maximum absolute atomic E-state index is 13.4. The van der Waals surface area contributed by atoms with Crippen molar-refractivity contribution in [2.45, 2.75) is 24.8 Å². The Morgan fingerprint density at radius 2 is 1.70 bits per heavy atom. The largest absolute Gasteiger partial charge is 0.494 e. The van der Waals surface area contributed by atoms with Gasteiger partial charge in [0.2, 0.25) is 5.91 Å². The summed E-state index contributed by atoms with van der Waals surface area (Å²) in [6.45, 7) is 2.22. The van der Waals surface area contributed by atoms with E-state index in [4.69, 9.17) is 4.74 Å². The Balaban J connectivity index is 1.49. The zero-order valence-corrected chi connectivity index (χ0v) is 23.4. The van der Waals surface area contributed by atoms with E-state index < -0.39 is 23.2 Å². The third kappa shape index (κ3) is 7.42. The number of halogens is 4. The molecule has 0 aliphatic heterocycles. The van der Waals surface area contributed by atoms with E-state index in [2.05, 4.69) is 36.8 Å². The second-order valence-corrected chi connectivity index (χ2v) is 10.1. The first-order valence-corrected chi connectivity index (χ1v) is 13.7. The van der Waals surface area contributed by atoms with Gasteiger partial charge in [-0.2, -0.15) is 13.2 Å². The number of thioether (sulfide) groups is 1. The Bertz CT molecular complexity index is 1480. The molecule has 0 aliphatic rings. The molecule has 0 bridgehead atoms. The average molecular weight is 634 g/mol. The number of aromatic nitrogens is 3. The second kappa shape index (κ2) is 13.0. The van der Waals surface area contributed by atoms with Gasteiger partial charge < -0.3 is 15.4 Å². The number of amides is 2. The third-order valence-corrected chi connectivity index (χ3v) is 6.91. The molecule has 0 spiro atoms. The van der Waals surface area contributed by atoms with Gasteiger partial charge in [0, 0.05) is 15.8 Å². The monoisotopic (exact) mass is 633 g/mol. The van der Waals surface area contributed by atoms with Crippen LogP contribution in [0.5, 0.6) is 5.75 Å². The normalized spacial score (nSPS) is 11.2. The average Bonchev–Trinajstić information content (AvgIpc) is 3.34. The van der Waals surface area contributed by atoms with Gasteiger partial charge in [-0.15, -0.1) is 10.2 Å². The first-order chi connectivity index (χ1) is 19.2. The topological polar surface area (TPSA) is 98.1 Å². The van der Waals surface area contributed by atoms with Crippen LogP contribution < -0.4 is 15.4 Å². The van der Waals surface area contributed by atoms with Crippen molar-refractivity contribution in [3.63, 3.8) is 0 Å². The Kier molecular flexibility index (Phi) is 9.48. The highest BCUT2D eigenvalue weighted by molar-refractivity contribution is 9.10. The molecule has 3 aromatic carbocycles. The van der Waals surface area contributed by atoms with Crippen molar-refractivity contribution in [3.05, 3.63) is 94.2 Å². The summed E-state index contributed by atoms with van der Waals surface area (Å²) in [6, 6.07) is 18.7. The molecule has 1 heterocycles. The van der Waals surface area contributed by atoms with E-state index in [0.29, 0.717) is 28.9 Å². The lowest BCUT2D eigenvalue weighted by molar-refractivity contribution is -0.138. The molecule has 8 nitrogen and oxygen atoms in total. The van der Waals surface area contributed by atoms with Crippen LogP contribution >= 0.6 is 27.7 Å². The summed E-state index contributed by atoms with van der Waals surface area (Å²) in [5.74, 6) is -0.207. The minimum Gasteiger partial charge on any atom is -0.494 e. The fourth-order valence-electron chi connectivity index (χ4n) is 3.67. The van der Waals surface area contributed by atoms with E-state index in [1.165, 1.54) is 12.1 Å². The number of anilines is 1. The molecule has 2 N–H and O–H groups in total. The molecule has 40 heavy (non-hydrogen) atoms. The predicted octanol–water partition coefficient (Wildman–Crippen LogP) is 6.11. The number of carbonyl (C=O) groups is 2. The quantitative estimate of drug-likeness (QED) is 0.205. The fraction of sp³-hybridized carbons (Fsp3) is 0.185. The van der Waals surface area contributed by atoms with Crippen LogP contribution in [0.4, 0.5) is 18.9 Å². The van der Waals surface area contributed by atoms with Gasteiger partial charge in [0.05, 0.1) is 30.0 Å². The van der Waals surface area contributed by atoms with Crippen molar-refractivity contribution in [1.82, 2.24) is 20.1 Å². The zero-order valence-electron chi connectivity index (χ0n) is 21.0. The standard InChI is InChI=1S/C27H23BrF3N5O3S/c1-2-39-20-13-9-18(10-14-20)33-24(37)16-40-26-35-34-23(36(26)19-11-7-17(28)8-12-19)15-32-25(38)21-5-3-4-6-22(21)27(29,30)31/h3-14H,2,15-16H2,1H3,(H,32,38)(H,33,37). The van der Waals surface area contributed by atoms with E-state index >= 15 is 0 Å². The fourth-order valence-corrected chi connectivity index (χ4v) is 4.70. The molecule has 0 saturated heterocycles. The van der Waals surface area contributed by atoms with Crippen molar-refractivity contribution in [3.8, 4) is 11.4 Å². The van der Waals surface area contributed by atoms with Crippen LogP contribution in [0.2, 0.25) is 0 Å². The summed E-state index contributed by atoms with van der Waals surface area (Å²) in [7, 11) is 0. The number of carbonyl (C=O) groups excluding carboxylic acids is 2. The minimum atomic E-state index is -4.68. The third-order valence-electron chi connectivity index (χ3n) is 5.45. The number of benzene rings is 3. The summed E-state index contributed by atoms with van der Waals surface area (Å²) >= 11 is 4.50. The number of alkyl halides is 3. The number of nitrogens with zero attached hydrogens (tertiary/aromatic N) is 3. The van der Waals surface area contributed by atoms with E-state index in [-0.39, 0.29) is 24.0 Å². The Hall–Kier alpha value is -3.84. The molecule has 0 fully saturated rings. The summed E-state index contributed by atoms with van der Waals surface area (Å²) in [5.41, 5.74) is -0.282. The van der Waals surface area contributed by atoms with E-state index in [9.17, 15) is 22.8 Å². The Morgan fingerprint density at radius 1 is 1.00 bits per heavy atom. The van der Waals surface area contributed by atoms with Crippen LogP contribution in [0.3, 0.4) is 0 Å². The van der Waals surface area contributed by atoms with Crippen molar-refractivity contribution in [2.24, 2.45) is 0 Å². The van der Waals surface area contributed by atoms with Gasteiger partial charge in [-0.25, -0.2) is 0 Å². The number of nitrogens with one attached hydrogen (secondary N) is 2. The molecule has 4 rings (SSSR count). The van der Waals surface area contributed by atoms with Crippen LogP contribution in [-0.2, 0) is 17.5 Å². The van der Waals surface area contributed by atoms with Gasteiger partial charge in [-0.3, -0.25) is 14.2 Å². The molecule has 0 saturated carbocycles. The molecule has 2 amide bonds. The van der Waals surface area contributed by atoms with E-state index in [1.807, 2.05) is 6.92 Å². The summed E-state index contributed by atoms with van der Waals surface area (Å²) in [4.78, 5) is 25.3. The molecule has 0 atom stereocenters. The van der Waals surface area contributed by atoms with Crippen LogP contribution in [0, 0.1) is 0 Å². The minimum absolute atomic E-state index is 0.00713. The molecular weight excluding hydrogens is 611 g/mol. The highest BCUT2D eigenvalue weighted by Crippen LogP contribution is 2.32. The molecular formula is C27H23BrF3N5O3S. The zero-order chi connectivity index (χ0) is 28.7. The van der Waals surface area contributed by atoms with E-state index in [1.54, 1.807) is 53.1 Å². The summed E-state index contributed by atoms with van der Waals surface area (Å²) in [5, 5.41) is 14.0. The maximum atomic E-state index is 13.4. The molecule has 4 aromatic rings. The molecule has 13 heteroatoms. The highest BCUT2D eigenvalue weighted by Gasteiger charge is 2.34. The predicted molar refractivity (Wildman–Crippen MR) is 149 cm³/mol. The SMILES string of the molecule is CCOc1ccc(NC(=O)CSc2nnc(CNC(=O)c3ccccc3C(F)(F)F)n2-c2ccc(Br)cc2)cc1. The molecule has 0 unspecified atom stereocenters. The van der Waals surface area contributed by atoms with Gasteiger partial charge in [0.25, 0.3) is 5.91 Å². The number of hydrogen-bond donors (Lipinski definition) is 2. The smallest absolute Gasteiger partial charge is 0.417 e. The summed E-state index contributed by atoms with van der Waals surface area (Å²) < 4.78 is 48.0. The first kappa shape index (κ1) is 29.2. The van der Waals surface area contributed by atoms with E-state index in [0.717, 1.165) is 28.4 Å². The first-order valence-electron chi connectivity index (χ1n) is 12.0. The molecule has 0 aliphatic carbocycles.